The number of anilines is 1. The first-order chi connectivity index (χ1) is 15.5. The molecular weight excluding hydrogens is 408 g/mol. The van der Waals surface area contributed by atoms with E-state index in [-0.39, 0.29) is 30.7 Å². The monoisotopic (exact) mass is 430 g/mol. The molecule has 0 bridgehead atoms. The fourth-order valence-electron chi connectivity index (χ4n) is 3.97. The van der Waals surface area contributed by atoms with Gasteiger partial charge in [-0.3, -0.25) is 24.1 Å². The summed E-state index contributed by atoms with van der Waals surface area (Å²) in [5.41, 5.74) is 1.87. The van der Waals surface area contributed by atoms with Crippen LogP contribution < -0.4 is 5.32 Å². The molecule has 1 heterocycles. The summed E-state index contributed by atoms with van der Waals surface area (Å²) in [6.07, 6.45) is 1.73. The first-order valence-electron chi connectivity index (χ1n) is 10.5. The SMILES string of the molecule is O=C(O)CCCCCN1C(=O)c2cccc3c(NC(=O)c4ccccc4)ccc(c23)C1=O. The van der Waals surface area contributed by atoms with Crippen LogP contribution in [0.2, 0.25) is 0 Å². The molecule has 0 unspecified atom stereocenters. The zero-order chi connectivity index (χ0) is 22.7. The van der Waals surface area contributed by atoms with E-state index in [1.54, 1.807) is 54.6 Å². The van der Waals surface area contributed by atoms with Gasteiger partial charge in [-0.1, -0.05) is 36.8 Å². The highest BCUT2D eigenvalue weighted by Gasteiger charge is 2.33. The minimum absolute atomic E-state index is 0.0709. The van der Waals surface area contributed by atoms with E-state index in [1.807, 2.05) is 6.07 Å². The Morgan fingerprint density at radius 1 is 0.812 bits per heavy atom. The first kappa shape index (κ1) is 21.2. The molecule has 0 fully saturated rings. The summed E-state index contributed by atoms with van der Waals surface area (Å²) in [5.74, 6) is -1.88. The second kappa shape index (κ2) is 9.01. The molecule has 3 aromatic carbocycles. The molecule has 0 aromatic heterocycles. The second-order valence-corrected chi connectivity index (χ2v) is 7.68. The minimum Gasteiger partial charge on any atom is -0.481 e. The van der Waals surface area contributed by atoms with E-state index in [0.29, 0.717) is 52.4 Å². The number of rotatable bonds is 8. The summed E-state index contributed by atoms with van der Waals surface area (Å²) in [6, 6.07) is 17.3. The summed E-state index contributed by atoms with van der Waals surface area (Å²) < 4.78 is 0. The van der Waals surface area contributed by atoms with Gasteiger partial charge in [-0.2, -0.15) is 0 Å². The summed E-state index contributed by atoms with van der Waals surface area (Å²) in [6.45, 7) is 0.236. The molecule has 1 aliphatic rings. The van der Waals surface area contributed by atoms with Gasteiger partial charge in [-0.05, 0) is 43.2 Å². The number of aliphatic carboxylic acids is 1. The Bertz CT molecular complexity index is 1200. The quantitative estimate of drug-likeness (QED) is 0.409. The molecule has 4 rings (SSSR count). The number of carbonyl (C=O) groups is 4. The number of hydrogen-bond acceptors (Lipinski definition) is 4. The molecule has 3 amide bonds. The van der Waals surface area contributed by atoms with Gasteiger partial charge in [0.05, 0.1) is 0 Å². The lowest BCUT2D eigenvalue weighted by atomic mass is 9.92. The number of nitrogens with one attached hydrogen (secondary N) is 1. The van der Waals surface area contributed by atoms with Crippen molar-refractivity contribution in [2.45, 2.75) is 25.7 Å². The van der Waals surface area contributed by atoms with Gasteiger partial charge < -0.3 is 10.4 Å². The van der Waals surface area contributed by atoms with Crippen molar-refractivity contribution in [1.29, 1.82) is 0 Å². The van der Waals surface area contributed by atoms with E-state index < -0.39 is 5.97 Å². The Kier molecular flexibility index (Phi) is 5.98. The van der Waals surface area contributed by atoms with Crippen molar-refractivity contribution in [2.24, 2.45) is 0 Å². The number of hydrogen-bond donors (Lipinski definition) is 2. The van der Waals surface area contributed by atoms with E-state index in [1.165, 1.54) is 4.90 Å². The highest BCUT2D eigenvalue weighted by atomic mass is 16.4. The van der Waals surface area contributed by atoms with Crippen LogP contribution in [0, 0.1) is 0 Å². The average Bonchev–Trinajstić information content (AvgIpc) is 2.80. The molecule has 0 saturated carbocycles. The lowest BCUT2D eigenvalue weighted by Crippen LogP contribution is -2.40. The van der Waals surface area contributed by atoms with Gasteiger partial charge >= 0.3 is 5.97 Å². The molecule has 0 radical (unpaired) electrons. The lowest BCUT2D eigenvalue weighted by Gasteiger charge is -2.27. The van der Waals surface area contributed by atoms with E-state index in [9.17, 15) is 19.2 Å². The van der Waals surface area contributed by atoms with Crippen LogP contribution in [-0.2, 0) is 4.79 Å². The normalized spacial score (nSPS) is 12.8. The average molecular weight is 430 g/mol. The van der Waals surface area contributed by atoms with Crippen molar-refractivity contribution in [3.8, 4) is 0 Å². The lowest BCUT2D eigenvalue weighted by molar-refractivity contribution is -0.137. The third kappa shape index (κ3) is 4.09. The molecule has 0 aliphatic carbocycles. The van der Waals surface area contributed by atoms with Crippen molar-refractivity contribution in [3.63, 3.8) is 0 Å². The number of unbranched alkanes of at least 4 members (excludes halogenated alkanes) is 2. The summed E-state index contributed by atoms with van der Waals surface area (Å²) >= 11 is 0. The van der Waals surface area contributed by atoms with Crippen LogP contribution in [0.15, 0.2) is 60.7 Å². The van der Waals surface area contributed by atoms with Gasteiger partial charge in [0.1, 0.15) is 0 Å². The molecule has 162 valence electrons. The molecule has 7 heteroatoms. The zero-order valence-corrected chi connectivity index (χ0v) is 17.3. The molecular formula is C25H22N2O5. The highest BCUT2D eigenvalue weighted by molar-refractivity contribution is 6.27. The maximum Gasteiger partial charge on any atom is 0.303 e. The van der Waals surface area contributed by atoms with Crippen molar-refractivity contribution in [3.05, 3.63) is 77.4 Å². The van der Waals surface area contributed by atoms with Crippen LogP contribution in [-0.4, -0.2) is 40.2 Å². The van der Waals surface area contributed by atoms with Crippen molar-refractivity contribution in [1.82, 2.24) is 4.90 Å². The number of benzene rings is 3. The predicted octanol–water partition coefficient (Wildman–Crippen LogP) is 4.33. The van der Waals surface area contributed by atoms with Crippen LogP contribution in [0.4, 0.5) is 5.69 Å². The van der Waals surface area contributed by atoms with Crippen LogP contribution >= 0.6 is 0 Å². The largest absolute Gasteiger partial charge is 0.481 e. The van der Waals surface area contributed by atoms with E-state index >= 15 is 0 Å². The molecule has 7 nitrogen and oxygen atoms in total. The fraction of sp³-hybridized carbons (Fsp3) is 0.200. The third-order valence-corrected chi connectivity index (χ3v) is 5.55. The predicted molar refractivity (Wildman–Crippen MR) is 120 cm³/mol. The summed E-state index contributed by atoms with van der Waals surface area (Å²) in [7, 11) is 0. The maximum atomic E-state index is 13.1. The van der Waals surface area contributed by atoms with Crippen LogP contribution in [0.25, 0.3) is 10.8 Å². The fourth-order valence-corrected chi connectivity index (χ4v) is 3.97. The third-order valence-electron chi connectivity index (χ3n) is 5.55. The Morgan fingerprint density at radius 2 is 1.53 bits per heavy atom. The van der Waals surface area contributed by atoms with Gasteiger partial charge in [0.15, 0.2) is 0 Å². The Morgan fingerprint density at radius 3 is 2.25 bits per heavy atom. The number of carbonyl (C=O) groups excluding carboxylic acids is 3. The van der Waals surface area contributed by atoms with Crippen LogP contribution in [0.3, 0.4) is 0 Å². The minimum atomic E-state index is -0.856. The summed E-state index contributed by atoms with van der Waals surface area (Å²) in [4.78, 5) is 50.6. The van der Waals surface area contributed by atoms with Crippen molar-refractivity contribution >= 4 is 40.2 Å². The number of carboxylic acid groups (broad SMARTS) is 1. The molecule has 2 N–H and O–H groups in total. The Balaban J connectivity index is 1.59. The maximum absolute atomic E-state index is 13.1. The van der Waals surface area contributed by atoms with Crippen molar-refractivity contribution < 1.29 is 24.3 Å². The smallest absolute Gasteiger partial charge is 0.303 e. The standard InChI is InChI=1S/C25H22N2O5/c28-21(29)12-5-2-6-15-27-24(31)18-11-7-10-17-20(14-13-19(22(17)18)25(27)32)26-23(30)16-8-3-1-4-9-16/h1,3-4,7-11,13-14H,2,5-6,12,15H2,(H,26,30)(H,28,29). The molecule has 0 atom stereocenters. The van der Waals surface area contributed by atoms with E-state index in [2.05, 4.69) is 5.32 Å². The van der Waals surface area contributed by atoms with Gasteiger partial charge in [0.2, 0.25) is 0 Å². The zero-order valence-electron chi connectivity index (χ0n) is 17.3. The number of nitrogens with zero attached hydrogens (tertiary/aromatic N) is 1. The topological polar surface area (TPSA) is 104 Å². The van der Waals surface area contributed by atoms with E-state index in [0.717, 1.165) is 0 Å². The number of carboxylic acids is 1. The van der Waals surface area contributed by atoms with E-state index in [4.69, 9.17) is 5.11 Å². The number of amides is 3. The molecule has 32 heavy (non-hydrogen) atoms. The molecule has 3 aromatic rings. The van der Waals surface area contributed by atoms with Gasteiger partial charge in [-0.15, -0.1) is 0 Å². The van der Waals surface area contributed by atoms with Gasteiger partial charge in [-0.25, -0.2) is 0 Å². The second-order valence-electron chi connectivity index (χ2n) is 7.68. The number of imide groups is 1. The van der Waals surface area contributed by atoms with Crippen LogP contribution in [0.1, 0.15) is 56.8 Å². The highest BCUT2D eigenvalue weighted by Crippen LogP contribution is 2.34. The first-order valence-corrected chi connectivity index (χ1v) is 10.5. The van der Waals surface area contributed by atoms with Gasteiger partial charge in [0, 0.05) is 46.1 Å². The Hall–Kier alpha value is -4.00. The van der Waals surface area contributed by atoms with Gasteiger partial charge in [0.25, 0.3) is 17.7 Å². The summed E-state index contributed by atoms with van der Waals surface area (Å²) in [5, 5.41) is 12.8. The molecule has 1 aliphatic heterocycles. The molecule has 0 saturated heterocycles. The van der Waals surface area contributed by atoms with Crippen molar-refractivity contribution in [2.75, 3.05) is 11.9 Å². The molecule has 0 spiro atoms. The van der Waals surface area contributed by atoms with Crippen LogP contribution in [0.5, 0.6) is 0 Å². The Labute approximate surface area is 184 Å².